The predicted octanol–water partition coefficient (Wildman–Crippen LogP) is 3.18. The molecule has 0 spiro atoms. The van der Waals surface area contributed by atoms with Crippen LogP contribution in [0, 0.1) is 0 Å². The van der Waals surface area contributed by atoms with Gasteiger partial charge in [0.05, 0.1) is 19.3 Å². The van der Waals surface area contributed by atoms with Crippen LogP contribution in [0.5, 0.6) is 11.5 Å². The minimum absolute atomic E-state index is 0.222. The first-order valence-corrected chi connectivity index (χ1v) is 10.3. The van der Waals surface area contributed by atoms with E-state index in [9.17, 15) is 5.11 Å². The second-order valence-electron chi connectivity index (χ2n) is 7.41. The Hall–Kier alpha value is -2.09. The molecule has 0 saturated carbocycles. The number of hydrogen-bond donors (Lipinski definition) is 2. The van der Waals surface area contributed by atoms with Crippen molar-refractivity contribution in [3.8, 4) is 11.5 Å². The predicted molar refractivity (Wildman–Crippen MR) is 113 cm³/mol. The van der Waals surface area contributed by atoms with Crippen molar-refractivity contribution in [3.05, 3.63) is 41.3 Å². The number of ether oxygens (including phenoxy) is 2. The fourth-order valence-electron chi connectivity index (χ4n) is 2.98. The van der Waals surface area contributed by atoms with Crippen LogP contribution in [0.25, 0.3) is 0 Å². The quantitative estimate of drug-likeness (QED) is 0.530. The number of aliphatic hydroxyl groups excluding tert-OH is 1. The zero-order valence-electron chi connectivity index (χ0n) is 18.3. The number of hydrogen-bond acceptors (Lipinski definition) is 7. The summed E-state index contributed by atoms with van der Waals surface area (Å²) in [6, 6.07) is 7.80. The first kappa shape index (κ1) is 23.2. The molecule has 0 saturated heterocycles. The summed E-state index contributed by atoms with van der Waals surface area (Å²) in [5, 5.41) is 17.7. The van der Waals surface area contributed by atoms with Crippen LogP contribution in [-0.2, 0) is 13.1 Å². The van der Waals surface area contributed by atoms with Crippen molar-refractivity contribution in [3.63, 3.8) is 0 Å². The van der Waals surface area contributed by atoms with Gasteiger partial charge in [0.25, 0.3) is 0 Å². The monoisotopic (exact) mass is 405 g/mol. The number of nitrogens with one attached hydrogen (secondary N) is 1. The lowest BCUT2D eigenvalue weighted by atomic mass is 10.1. The van der Waals surface area contributed by atoms with E-state index in [1.54, 1.807) is 7.11 Å². The molecule has 0 fully saturated rings. The van der Waals surface area contributed by atoms with Gasteiger partial charge in [-0.05, 0) is 36.7 Å². The van der Waals surface area contributed by atoms with Crippen molar-refractivity contribution < 1.29 is 19.1 Å². The molecule has 2 rings (SSSR count). The van der Waals surface area contributed by atoms with E-state index in [0.29, 0.717) is 37.1 Å². The third-order valence-corrected chi connectivity index (χ3v) is 4.82. The van der Waals surface area contributed by atoms with Crippen LogP contribution in [0.2, 0.25) is 0 Å². The number of likely N-dealkylation sites (N-methyl/N-ethyl adjacent to an activating group) is 1. The Morgan fingerprint density at radius 3 is 2.52 bits per heavy atom. The van der Waals surface area contributed by atoms with Gasteiger partial charge in [-0.25, -0.2) is 0 Å². The Kier molecular flexibility index (Phi) is 9.44. The molecule has 0 radical (unpaired) electrons. The smallest absolute Gasteiger partial charge is 0.161 e. The highest BCUT2D eigenvalue weighted by Gasteiger charge is 2.13. The van der Waals surface area contributed by atoms with Crippen LogP contribution in [0.15, 0.2) is 28.8 Å². The van der Waals surface area contributed by atoms with Crippen LogP contribution in [0.1, 0.15) is 50.6 Å². The van der Waals surface area contributed by atoms with E-state index in [2.05, 4.69) is 43.1 Å². The SMILES string of the molecule is CCN(CC)CC(O)COc1cc(CNCc2cc(C(C)C)no2)ccc1OC. The van der Waals surface area contributed by atoms with E-state index in [1.165, 1.54) is 0 Å². The lowest BCUT2D eigenvalue weighted by Crippen LogP contribution is -2.35. The molecule has 0 aliphatic heterocycles. The van der Waals surface area contributed by atoms with Crippen LogP contribution < -0.4 is 14.8 Å². The standard InChI is InChI=1S/C22H35N3O4/c1-6-25(7-2)14-18(26)15-28-22-10-17(8-9-21(22)27-5)12-23-13-19-11-20(16(3)4)24-29-19/h8-11,16,18,23,26H,6-7,12-15H2,1-5H3. The van der Waals surface area contributed by atoms with E-state index in [0.717, 1.165) is 30.1 Å². The van der Waals surface area contributed by atoms with Crippen LogP contribution in [0.3, 0.4) is 0 Å². The van der Waals surface area contributed by atoms with Gasteiger partial charge in [-0.1, -0.05) is 38.9 Å². The second-order valence-corrected chi connectivity index (χ2v) is 7.41. The zero-order valence-corrected chi connectivity index (χ0v) is 18.3. The molecular formula is C22H35N3O4. The van der Waals surface area contributed by atoms with Gasteiger partial charge < -0.3 is 29.3 Å². The van der Waals surface area contributed by atoms with E-state index in [1.807, 2.05) is 24.3 Å². The number of nitrogens with zero attached hydrogens (tertiary/aromatic N) is 2. The Labute approximate surface area is 174 Å². The summed E-state index contributed by atoms with van der Waals surface area (Å²) in [5.41, 5.74) is 2.02. The molecule has 1 aromatic carbocycles. The summed E-state index contributed by atoms with van der Waals surface area (Å²) in [7, 11) is 1.61. The van der Waals surface area contributed by atoms with Gasteiger partial charge in [0.1, 0.15) is 12.7 Å². The third-order valence-electron chi connectivity index (χ3n) is 4.82. The van der Waals surface area contributed by atoms with E-state index >= 15 is 0 Å². The summed E-state index contributed by atoms with van der Waals surface area (Å²) in [4.78, 5) is 2.17. The molecule has 7 heteroatoms. The van der Waals surface area contributed by atoms with Crippen molar-refractivity contribution in [2.24, 2.45) is 0 Å². The fourth-order valence-corrected chi connectivity index (χ4v) is 2.98. The molecule has 2 aromatic rings. The first-order chi connectivity index (χ1) is 14.0. The highest BCUT2D eigenvalue weighted by molar-refractivity contribution is 5.43. The molecule has 7 nitrogen and oxygen atoms in total. The first-order valence-electron chi connectivity index (χ1n) is 10.3. The molecule has 162 valence electrons. The van der Waals surface area contributed by atoms with Gasteiger partial charge in [-0.15, -0.1) is 0 Å². The lowest BCUT2D eigenvalue weighted by Gasteiger charge is -2.22. The van der Waals surface area contributed by atoms with Crippen molar-refractivity contribution in [2.75, 3.05) is 33.4 Å². The summed E-state index contributed by atoms with van der Waals surface area (Å²) in [6.07, 6.45) is -0.553. The topological polar surface area (TPSA) is 80.0 Å². The van der Waals surface area contributed by atoms with Crippen molar-refractivity contribution in [1.29, 1.82) is 0 Å². The molecule has 1 aromatic heterocycles. The molecule has 0 aliphatic rings. The van der Waals surface area contributed by atoms with E-state index in [4.69, 9.17) is 14.0 Å². The molecule has 0 bridgehead atoms. The molecule has 29 heavy (non-hydrogen) atoms. The Morgan fingerprint density at radius 1 is 1.14 bits per heavy atom. The maximum atomic E-state index is 10.2. The van der Waals surface area contributed by atoms with Gasteiger partial charge >= 0.3 is 0 Å². The van der Waals surface area contributed by atoms with Crippen LogP contribution in [0.4, 0.5) is 0 Å². The number of aliphatic hydroxyl groups is 1. The summed E-state index contributed by atoms with van der Waals surface area (Å²) in [5.74, 6) is 2.46. The van der Waals surface area contributed by atoms with Gasteiger partial charge in [-0.2, -0.15) is 0 Å². The van der Waals surface area contributed by atoms with E-state index < -0.39 is 6.10 Å². The van der Waals surface area contributed by atoms with Crippen molar-refractivity contribution >= 4 is 0 Å². The number of aromatic nitrogens is 1. The molecule has 2 N–H and O–H groups in total. The molecule has 0 aliphatic carbocycles. The minimum Gasteiger partial charge on any atom is -0.493 e. The molecular weight excluding hydrogens is 370 g/mol. The van der Waals surface area contributed by atoms with Gasteiger partial charge in [-0.3, -0.25) is 0 Å². The number of rotatable bonds is 13. The Balaban J connectivity index is 1.89. The average molecular weight is 406 g/mol. The zero-order chi connectivity index (χ0) is 21.2. The van der Waals surface area contributed by atoms with Gasteiger partial charge in [0.2, 0.25) is 0 Å². The van der Waals surface area contributed by atoms with Gasteiger partial charge in [0.15, 0.2) is 17.3 Å². The van der Waals surface area contributed by atoms with Crippen LogP contribution >= 0.6 is 0 Å². The fraction of sp³-hybridized carbons (Fsp3) is 0.591. The highest BCUT2D eigenvalue weighted by Crippen LogP contribution is 2.28. The molecule has 1 heterocycles. The maximum absolute atomic E-state index is 10.2. The van der Waals surface area contributed by atoms with Gasteiger partial charge in [0, 0.05) is 19.2 Å². The largest absolute Gasteiger partial charge is 0.493 e. The number of methoxy groups -OCH3 is 1. The van der Waals surface area contributed by atoms with E-state index in [-0.39, 0.29) is 6.61 Å². The molecule has 0 amide bonds. The summed E-state index contributed by atoms with van der Waals surface area (Å²) in [6.45, 7) is 12.2. The van der Waals surface area contributed by atoms with Crippen molar-refractivity contribution in [1.82, 2.24) is 15.4 Å². The summed E-state index contributed by atoms with van der Waals surface area (Å²) >= 11 is 0. The third kappa shape index (κ3) is 7.34. The lowest BCUT2D eigenvalue weighted by molar-refractivity contribution is 0.0705. The highest BCUT2D eigenvalue weighted by atomic mass is 16.5. The maximum Gasteiger partial charge on any atom is 0.161 e. The molecule has 1 atom stereocenters. The Morgan fingerprint density at radius 2 is 1.90 bits per heavy atom. The normalized spacial score (nSPS) is 12.6. The van der Waals surface area contributed by atoms with Crippen molar-refractivity contribution in [2.45, 2.75) is 52.8 Å². The average Bonchev–Trinajstić information content (AvgIpc) is 3.20. The number of benzene rings is 1. The second kappa shape index (κ2) is 11.8. The minimum atomic E-state index is -0.553. The Bertz CT molecular complexity index is 729. The van der Waals surface area contributed by atoms with Crippen LogP contribution in [-0.4, -0.2) is 54.6 Å². The molecule has 1 unspecified atom stereocenters. The summed E-state index contributed by atoms with van der Waals surface area (Å²) < 4.78 is 16.6.